The fraction of sp³-hybridized carbons (Fsp3) is 0.294. The first-order valence-electron chi connectivity index (χ1n) is 15.5. The van der Waals surface area contributed by atoms with Crippen molar-refractivity contribution in [2.24, 2.45) is 0 Å². The second-order valence-corrected chi connectivity index (χ2v) is 11.7. The Balaban J connectivity index is 0.873. The van der Waals surface area contributed by atoms with Crippen molar-refractivity contribution in [3.63, 3.8) is 0 Å². The van der Waals surface area contributed by atoms with Crippen LogP contribution in [0.15, 0.2) is 79.0 Å². The number of alkyl carbamates (subject to hydrolysis) is 1. The van der Waals surface area contributed by atoms with Gasteiger partial charge in [0.25, 0.3) is 5.91 Å². The van der Waals surface area contributed by atoms with E-state index in [-0.39, 0.29) is 59.5 Å². The molecule has 3 N–H and O–H groups in total. The Kier molecular flexibility index (Phi) is 12.7. The second kappa shape index (κ2) is 17.8. The van der Waals surface area contributed by atoms with E-state index in [1.807, 2.05) is 24.3 Å². The molecule has 14 nitrogen and oxygen atoms in total. The zero-order valence-corrected chi connectivity index (χ0v) is 27.2. The van der Waals surface area contributed by atoms with E-state index in [2.05, 4.69) is 45.2 Å². The Morgan fingerprint density at radius 2 is 1.41 bits per heavy atom. The van der Waals surface area contributed by atoms with Crippen LogP contribution < -0.4 is 16.0 Å². The maximum absolute atomic E-state index is 12.7. The Morgan fingerprint density at radius 1 is 0.796 bits per heavy atom. The topological polar surface area (TPSA) is 180 Å². The second-order valence-electron chi connectivity index (χ2n) is 10.6. The predicted octanol–water partition coefficient (Wildman–Crippen LogP) is 5.22. The average molecular weight is 690 g/mol. The molecule has 1 heterocycles. The lowest BCUT2D eigenvalue weighted by molar-refractivity contribution is -0.380. The molecule has 3 amide bonds. The van der Waals surface area contributed by atoms with Crippen molar-refractivity contribution in [1.29, 1.82) is 0 Å². The monoisotopic (exact) mass is 689 g/mol. The fourth-order valence-corrected chi connectivity index (χ4v) is 5.78. The van der Waals surface area contributed by atoms with Gasteiger partial charge in [-0.25, -0.2) is 9.78 Å². The number of carbonyl (C=O) groups is 3. The number of rotatable bonds is 18. The molecule has 256 valence electrons. The summed E-state index contributed by atoms with van der Waals surface area (Å²) in [5, 5.41) is 18.6. The van der Waals surface area contributed by atoms with Gasteiger partial charge in [0.05, 0.1) is 62.2 Å². The number of fused-ring (bicyclic) bond motifs is 3. The third-order valence-corrected chi connectivity index (χ3v) is 8.28. The van der Waals surface area contributed by atoms with Gasteiger partial charge in [-0.2, -0.15) is 0 Å². The van der Waals surface area contributed by atoms with Gasteiger partial charge in [-0.15, -0.1) is 0 Å². The van der Waals surface area contributed by atoms with Gasteiger partial charge in [0.1, 0.15) is 12.8 Å². The number of para-hydroxylation sites is 1. The van der Waals surface area contributed by atoms with Crippen molar-refractivity contribution < 1.29 is 38.3 Å². The number of thiazole rings is 1. The summed E-state index contributed by atoms with van der Waals surface area (Å²) in [5.74, 6) is -0.918. The molecule has 15 heteroatoms. The zero-order chi connectivity index (χ0) is 34.4. The molecule has 0 bridgehead atoms. The third kappa shape index (κ3) is 9.90. The number of amides is 3. The Labute approximate surface area is 285 Å². The summed E-state index contributed by atoms with van der Waals surface area (Å²) in [6, 6.07) is 22.7. The molecule has 3 aromatic carbocycles. The highest BCUT2D eigenvalue weighted by atomic mass is 32.1. The highest BCUT2D eigenvalue weighted by Gasteiger charge is 2.29. The number of aromatic nitrogens is 1. The number of hydrogen-bond donors (Lipinski definition) is 3. The van der Waals surface area contributed by atoms with Gasteiger partial charge in [-0.1, -0.05) is 60.7 Å². The summed E-state index contributed by atoms with van der Waals surface area (Å²) in [7, 11) is 0. The van der Waals surface area contributed by atoms with Crippen LogP contribution in [0.25, 0.3) is 11.1 Å². The van der Waals surface area contributed by atoms with Gasteiger partial charge in [0.15, 0.2) is 5.13 Å². The summed E-state index contributed by atoms with van der Waals surface area (Å²) >= 11 is 0.730. The minimum atomic E-state index is -0.594. The van der Waals surface area contributed by atoms with Gasteiger partial charge in [-0.05, 0) is 45.7 Å². The Bertz CT molecular complexity index is 1720. The minimum Gasteiger partial charge on any atom is -0.449 e. The van der Waals surface area contributed by atoms with Crippen LogP contribution in [0, 0.1) is 10.1 Å². The molecule has 1 aliphatic rings. The van der Waals surface area contributed by atoms with Crippen LogP contribution in [0.5, 0.6) is 0 Å². The maximum Gasteiger partial charge on any atom is 0.407 e. The van der Waals surface area contributed by atoms with E-state index in [4.69, 9.17) is 18.9 Å². The van der Waals surface area contributed by atoms with E-state index < -0.39 is 16.9 Å². The van der Waals surface area contributed by atoms with Crippen LogP contribution in [-0.4, -0.2) is 80.6 Å². The van der Waals surface area contributed by atoms with Crippen LogP contribution in [0.2, 0.25) is 0 Å². The van der Waals surface area contributed by atoms with E-state index in [9.17, 15) is 24.5 Å². The lowest BCUT2D eigenvalue weighted by atomic mass is 9.98. The van der Waals surface area contributed by atoms with Crippen molar-refractivity contribution in [1.82, 2.24) is 10.3 Å². The van der Waals surface area contributed by atoms with Crippen LogP contribution in [0.4, 0.5) is 20.6 Å². The molecule has 0 spiro atoms. The van der Waals surface area contributed by atoms with Crippen molar-refractivity contribution >= 4 is 45.1 Å². The van der Waals surface area contributed by atoms with Crippen LogP contribution in [0.1, 0.15) is 33.8 Å². The first kappa shape index (κ1) is 35.1. The highest BCUT2D eigenvalue weighted by Crippen LogP contribution is 2.44. The third-order valence-electron chi connectivity index (χ3n) is 7.42. The van der Waals surface area contributed by atoms with Crippen LogP contribution in [-0.2, 0) is 23.7 Å². The van der Waals surface area contributed by atoms with E-state index in [0.29, 0.717) is 33.0 Å². The lowest BCUT2D eigenvalue weighted by Gasteiger charge is -2.14. The number of benzene rings is 3. The molecule has 0 unspecified atom stereocenters. The summed E-state index contributed by atoms with van der Waals surface area (Å²) in [5.41, 5.74) is 5.12. The molecule has 0 saturated carbocycles. The molecule has 0 radical (unpaired) electrons. The summed E-state index contributed by atoms with van der Waals surface area (Å²) in [4.78, 5) is 51.4. The predicted molar refractivity (Wildman–Crippen MR) is 182 cm³/mol. The molecular formula is C34H35N5O9S. The zero-order valence-electron chi connectivity index (χ0n) is 26.4. The van der Waals surface area contributed by atoms with Crippen LogP contribution >= 0.6 is 11.3 Å². The molecule has 49 heavy (non-hydrogen) atoms. The summed E-state index contributed by atoms with van der Waals surface area (Å²) < 4.78 is 21.9. The molecular weight excluding hydrogens is 654 g/mol. The maximum atomic E-state index is 12.7. The summed E-state index contributed by atoms with van der Waals surface area (Å²) in [6.07, 6.45) is 0.614. The number of hydrogen-bond acceptors (Lipinski definition) is 11. The molecule has 0 atom stereocenters. The number of nitrogens with zero attached hydrogens (tertiary/aromatic N) is 2. The van der Waals surface area contributed by atoms with Crippen molar-refractivity contribution in [3.05, 3.63) is 106 Å². The van der Waals surface area contributed by atoms with Gasteiger partial charge < -0.3 is 29.6 Å². The number of ether oxygens (including phenoxy) is 4. The van der Waals surface area contributed by atoms with E-state index in [0.717, 1.165) is 28.7 Å². The molecule has 1 aromatic heterocycles. The van der Waals surface area contributed by atoms with Gasteiger partial charge in [0, 0.05) is 12.5 Å². The number of carbonyl (C=O) groups excluding carboxylic acids is 3. The SMILES string of the molecule is O=C(CCOCCOCCOCCNC(=O)OCC1c2ccccc2-c2ccccc21)Nc1ccccc1C(=O)Nc1ncc([N+](=O)[O-])s1. The van der Waals surface area contributed by atoms with E-state index in [1.165, 1.54) is 17.2 Å². The highest BCUT2D eigenvalue weighted by molar-refractivity contribution is 7.18. The molecule has 0 saturated heterocycles. The number of anilines is 2. The minimum absolute atomic E-state index is 0.00230. The normalized spacial score (nSPS) is 11.8. The first-order chi connectivity index (χ1) is 23.9. The largest absolute Gasteiger partial charge is 0.449 e. The quantitative estimate of drug-likeness (QED) is 0.0712. The van der Waals surface area contributed by atoms with Gasteiger partial charge in [0.2, 0.25) is 5.91 Å². The first-order valence-corrected chi connectivity index (χ1v) is 16.3. The number of nitro groups is 1. The molecule has 1 aliphatic carbocycles. The van der Waals surface area contributed by atoms with Crippen molar-refractivity contribution in [2.75, 3.05) is 63.4 Å². The fourth-order valence-electron chi connectivity index (χ4n) is 5.16. The lowest BCUT2D eigenvalue weighted by Crippen LogP contribution is -2.29. The average Bonchev–Trinajstić information content (AvgIpc) is 3.71. The van der Waals surface area contributed by atoms with E-state index in [1.54, 1.807) is 18.2 Å². The van der Waals surface area contributed by atoms with Crippen LogP contribution in [0.3, 0.4) is 0 Å². The van der Waals surface area contributed by atoms with E-state index >= 15 is 0 Å². The van der Waals surface area contributed by atoms with Gasteiger partial charge >= 0.3 is 11.1 Å². The molecule has 0 aliphatic heterocycles. The molecule has 5 rings (SSSR count). The molecule has 4 aromatic rings. The smallest absolute Gasteiger partial charge is 0.407 e. The standard InChI is InChI=1S/C34H35N5O9S/c40-30(37-29-12-6-5-11-27(29)32(41)38-33-36-21-31(49-33)39(43)44)13-15-45-17-19-47-20-18-46-16-14-35-34(42)48-22-28-25-9-3-1-7-23(25)24-8-2-4-10-26(24)28/h1-12,21,28H,13-20,22H2,(H,35,42)(H,37,40)(H,36,38,41). The Hall–Kier alpha value is -5.22. The molecule has 0 fully saturated rings. The Morgan fingerprint density at radius 3 is 2.08 bits per heavy atom. The van der Waals surface area contributed by atoms with Crippen molar-refractivity contribution in [2.45, 2.75) is 12.3 Å². The summed E-state index contributed by atoms with van der Waals surface area (Å²) in [6.45, 7) is 2.24. The van der Waals surface area contributed by atoms with Gasteiger partial charge in [-0.3, -0.25) is 25.0 Å². The van der Waals surface area contributed by atoms with Crippen molar-refractivity contribution in [3.8, 4) is 11.1 Å². The number of nitrogens with one attached hydrogen (secondary N) is 3.